The summed E-state index contributed by atoms with van der Waals surface area (Å²) in [4.78, 5) is 37.5. The van der Waals surface area contributed by atoms with Gasteiger partial charge in [0.05, 0.1) is 13.2 Å². The topological polar surface area (TPSA) is 109 Å². The number of ether oxygens (including phenoxy) is 2. The predicted molar refractivity (Wildman–Crippen MR) is 96.9 cm³/mol. The number of rotatable bonds is 7. The summed E-state index contributed by atoms with van der Waals surface area (Å²) >= 11 is 0. The molecule has 0 radical (unpaired) electrons. The summed E-state index contributed by atoms with van der Waals surface area (Å²) < 4.78 is 10.1. The van der Waals surface area contributed by atoms with Gasteiger partial charge in [0.1, 0.15) is 5.60 Å². The van der Waals surface area contributed by atoms with E-state index in [2.05, 4.69) is 16.0 Å². The summed E-state index contributed by atoms with van der Waals surface area (Å²) in [5, 5.41) is 7.60. The average Bonchev–Trinajstić information content (AvgIpc) is 2.52. The maximum Gasteiger partial charge on any atom is 0.407 e. The number of likely N-dealkylation sites (tertiary alicyclic amines) is 1. The number of piperidine rings is 1. The number of carbonyl (C=O) groups excluding carboxylic acids is 3. The molecule has 1 heterocycles. The summed E-state index contributed by atoms with van der Waals surface area (Å²) in [6, 6.07) is -0.494. The van der Waals surface area contributed by atoms with Crippen molar-refractivity contribution in [3.05, 3.63) is 0 Å². The molecule has 150 valence electrons. The van der Waals surface area contributed by atoms with E-state index >= 15 is 0 Å². The molecule has 1 aliphatic rings. The van der Waals surface area contributed by atoms with E-state index in [1.807, 2.05) is 25.7 Å². The van der Waals surface area contributed by atoms with Crippen molar-refractivity contribution in [2.75, 3.05) is 39.9 Å². The van der Waals surface area contributed by atoms with Gasteiger partial charge in [-0.3, -0.25) is 15.0 Å². The Morgan fingerprint density at radius 1 is 1.15 bits per heavy atom. The molecule has 0 spiro atoms. The van der Waals surface area contributed by atoms with Crippen LogP contribution >= 0.6 is 0 Å². The molecule has 1 fully saturated rings. The molecule has 9 nitrogen and oxygen atoms in total. The minimum absolute atomic E-state index is 0.0403. The Bertz CT molecular complexity index is 478. The van der Waals surface area contributed by atoms with E-state index in [1.54, 1.807) is 0 Å². The second-order valence-corrected chi connectivity index (χ2v) is 7.30. The van der Waals surface area contributed by atoms with Crippen molar-refractivity contribution in [1.29, 1.82) is 0 Å². The highest BCUT2D eigenvalue weighted by molar-refractivity contribution is 5.95. The van der Waals surface area contributed by atoms with Gasteiger partial charge >= 0.3 is 12.1 Å². The van der Waals surface area contributed by atoms with Crippen LogP contribution in [0.2, 0.25) is 0 Å². The third-order valence-electron chi connectivity index (χ3n) is 3.82. The molecule has 1 saturated heterocycles. The molecule has 0 bridgehead atoms. The highest BCUT2D eigenvalue weighted by atomic mass is 16.6. The number of hydrogen-bond donors (Lipinski definition) is 3. The molecular formula is C17H32N4O5. The molecule has 1 aliphatic heterocycles. The van der Waals surface area contributed by atoms with E-state index in [-0.39, 0.29) is 18.5 Å². The summed E-state index contributed by atoms with van der Waals surface area (Å²) in [7, 11) is 1.53. The van der Waals surface area contributed by atoms with Crippen LogP contribution in [0.4, 0.5) is 9.59 Å². The third kappa shape index (κ3) is 9.57. The summed E-state index contributed by atoms with van der Waals surface area (Å²) in [6.07, 6.45) is 2.43. The van der Waals surface area contributed by atoms with Crippen molar-refractivity contribution >= 4 is 18.0 Å². The van der Waals surface area contributed by atoms with Crippen LogP contribution in [0.5, 0.6) is 0 Å². The smallest absolute Gasteiger partial charge is 0.407 e. The fraction of sp³-hybridized carbons (Fsp3) is 0.824. The SMILES string of the molecule is COCCNC(=O)NC(=O)CN1CCCCC1CNC(=O)OC(C)(C)C. The Kier molecular flexibility index (Phi) is 9.36. The lowest BCUT2D eigenvalue weighted by atomic mass is 10.0. The van der Waals surface area contributed by atoms with Gasteiger partial charge in [-0.05, 0) is 40.2 Å². The first-order chi connectivity index (χ1) is 12.2. The average molecular weight is 372 g/mol. The molecule has 26 heavy (non-hydrogen) atoms. The van der Waals surface area contributed by atoms with Gasteiger partial charge in [-0.2, -0.15) is 0 Å². The zero-order valence-electron chi connectivity index (χ0n) is 16.2. The van der Waals surface area contributed by atoms with Crippen molar-refractivity contribution in [3.63, 3.8) is 0 Å². The zero-order chi connectivity index (χ0) is 19.6. The largest absolute Gasteiger partial charge is 0.444 e. The third-order valence-corrected chi connectivity index (χ3v) is 3.82. The summed E-state index contributed by atoms with van der Waals surface area (Å²) in [5.41, 5.74) is -0.549. The number of urea groups is 1. The lowest BCUT2D eigenvalue weighted by Gasteiger charge is -2.35. The van der Waals surface area contributed by atoms with Gasteiger partial charge in [0.2, 0.25) is 5.91 Å². The highest BCUT2D eigenvalue weighted by Gasteiger charge is 2.26. The Hall–Kier alpha value is -1.87. The first kappa shape index (κ1) is 22.2. The van der Waals surface area contributed by atoms with Crippen molar-refractivity contribution in [2.24, 2.45) is 0 Å². The highest BCUT2D eigenvalue weighted by Crippen LogP contribution is 2.16. The molecule has 0 aromatic carbocycles. The molecule has 0 aromatic heterocycles. The summed E-state index contributed by atoms with van der Waals surface area (Å²) in [6.45, 7) is 7.40. The van der Waals surface area contributed by atoms with E-state index in [4.69, 9.17) is 9.47 Å². The molecule has 0 aliphatic carbocycles. The van der Waals surface area contributed by atoms with Gasteiger partial charge in [-0.1, -0.05) is 6.42 Å². The van der Waals surface area contributed by atoms with Crippen LogP contribution in [0, 0.1) is 0 Å². The van der Waals surface area contributed by atoms with Gasteiger partial charge in [0.15, 0.2) is 0 Å². The first-order valence-corrected chi connectivity index (χ1v) is 8.99. The minimum atomic E-state index is -0.549. The van der Waals surface area contributed by atoms with E-state index in [9.17, 15) is 14.4 Å². The Morgan fingerprint density at radius 2 is 1.88 bits per heavy atom. The standard InChI is InChI=1S/C17H32N4O5/c1-17(2,3)26-16(24)19-11-13-7-5-6-9-21(13)12-14(22)20-15(23)18-8-10-25-4/h13H,5-12H2,1-4H3,(H,19,24)(H2,18,20,22,23). The van der Waals surface area contributed by atoms with E-state index in [0.29, 0.717) is 19.7 Å². The van der Waals surface area contributed by atoms with Crippen molar-refractivity contribution in [1.82, 2.24) is 20.9 Å². The number of nitrogens with one attached hydrogen (secondary N) is 3. The molecule has 3 N–H and O–H groups in total. The van der Waals surface area contributed by atoms with Crippen molar-refractivity contribution < 1.29 is 23.9 Å². The van der Waals surface area contributed by atoms with Gasteiger partial charge in [0, 0.05) is 26.2 Å². The number of alkyl carbamates (subject to hydrolysis) is 1. The molecule has 1 unspecified atom stereocenters. The molecule has 1 atom stereocenters. The number of amides is 4. The second-order valence-electron chi connectivity index (χ2n) is 7.30. The Labute approximate surface area is 155 Å². The second kappa shape index (κ2) is 11.0. The van der Waals surface area contributed by atoms with Crippen LogP contribution in [0.15, 0.2) is 0 Å². The van der Waals surface area contributed by atoms with E-state index in [1.165, 1.54) is 7.11 Å². The molecule has 1 rings (SSSR count). The van der Waals surface area contributed by atoms with Gasteiger partial charge < -0.3 is 20.1 Å². The normalized spacial score (nSPS) is 18.1. The molecule has 0 saturated carbocycles. The first-order valence-electron chi connectivity index (χ1n) is 8.99. The monoisotopic (exact) mass is 372 g/mol. The molecule has 0 aromatic rings. The number of hydrogen-bond acceptors (Lipinski definition) is 6. The molecule has 9 heteroatoms. The molecular weight excluding hydrogens is 340 g/mol. The van der Waals surface area contributed by atoms with E-state index in [0.717, 1.165) is 25.8 Å². The number of nitrogens with zero attached hydrogens (tertiary/aromatic N) is 1. The van der Waals surface area contributed by atoms with Crippen LogP contribution in [0.25, 0.3) is 0 Å². The van der Waals surface area contributed by atoms with Crippen LogP contribution in [0.3, 0.4) is 0 Å². The van der Waals surface area contributed by atoms with Gasteiger partial charge in [0.25, 0.3) is 0 Å². The van der Waals surface area contributed by atoms with Crippen LogP contribution < -0.4 is 16.0 Å². The Balaban J connectivity index is 2.41. The summed E-state index contributed by atoms with van der Waals surface area (Å²) in [5.74, 6) is -0.371. The van der Waals surface area contributed by atoms with Crippen molar-refractivity contribution in [3.8, 4) is 0 Å². The maximum atomic E-state index is 12.1. The number of imide groups is 1. The lowest BCUT2D eigenvalue weighted by molar-refractivity contribution is -0.122. The molecule has 4 amide bonds. The van der Waals surface area contributed by atoms with Crippen LogP contribution in [-0.2, 0) is 14.3 Å². The zero-order valence-corrected chi connectivity index (χ0v) is 16.2. The van der Waals surface area contributed by atoms with Crippen LogP contribution in [-0.4, -0.2) is 74.5 Å². The van der Waals surface area contributed by atoms with Gasteiger partial charge in [-0.25, -0.2) is 9.59 Å². The quantitative estimate of drug-likeness (QED) is 0.572. The predicted octanol–water partition coefficient (Wildman–Crippen LogP) is 0.838. The maximum absolute atomic E-state index is 12.1. The fourth-order valence-electron chi connectivity index (χ4n) is 2.68. The van der Waals surface area contributed by atoms with Crippen LogP contribution in [0.1, 0.15) is 40.0 Å². The Morgan fingerprint density at radius 3 is 2.54 bits per heavy atom. The lowest BCUT2D eigenvalue weighted by Crippen LogP contribution is -2.52. The minimum Gasteiger partial charge on any atom is -0.444 e. The number of methoxy groups -OCH3 is 1. The van der Waals surface area contributed by atoms with E-state index < -0.39 is 17.7 Å². The number of carbonyl (C=O) groups is 3. The fourth-order valence-corrected chi connectivity index (χ4v) is 2.68. The van der Waals surface area contributed by atoms with Gasteiger partial charge in [-0.15, -0.1) is 0 Å². The van der Waals surface area contributed by atoms with Crippen molar-refractivity contribution in [2.45, 2.75) is 51.7 Å².